The number of amides is 2. The molecule has 1 aliphatic rings. The molecule has 1 aliphatic carbocycles. The van der Waals surface area contributed by atoms with Gasteiger partial charge in [0.05, 0.1) is 7.11 Å². The number of rotatable bonds is 11. The third-order valence-corrected chi connectivity index (χ3v) is 6.80. The van der Waals surface area contributed by atoms with Gasteiger partial charge in [-0.3, -0.25) is 0 Å². The molecule has 3 aromatic carbocycles. The molecule has 0 bridgehead atoms. The molecule has 0 saturated carbocycles. The van der Waals surface area contributed by atoms with Gasteiger partial charge in [-0.05, 0) is 73.6 Å². The lowest BCUT2D eigenvalue weighted by atomic mass is 9.98. The van der Waals surface area contributed by atoms with E-state index in [1.807, 2.05) is 36.4 Å². The minimum Gasteiger partial charge on any atom is -0.497 e. The Morgan fingerprint density at radius 1 is 0.837 bits per heavy atom. The fourth-order valence-electron chi connectivity index (χ4n) is 4.82. The van der Waals surface area contributed by atoms with E-state index in [0.29, 0.717) is 12.2 Å². The molecule has 9 heteroatoms. The Morgan fingerprint density at radius 2 is 1.44 bits per heavy atom. The number of fused-ring (bicyclic) bond motifs is 3. The fourth-order valence-corrected chi connectivity index (χ4v) is 4.82. The fraction of sp³-hybridized carbons (Fsp3) is 0.382. The second kappa shape index (κ2) is 15.1. The lowest BCUT2D eigenvalue weighted by Crippen LogP contribution is -2.43. The Bertz CT molecular complexity index is 1340. The Balaban J connectivity index is 0.00000506. The molecule has 0 spiro atoms. The van der Waals surface area contributed by atoms with Crippen molar-refractivity contribution in [3.8, 4) is 16.9 Å². The number of hydrogen-bond donors (Lipinski definition) is 2. The Morgan fingerprint density at radius 3 is 2.02 bits per heavy atom. The van der Waals surface area contributed by atoms with Gasteiger partial charge in [0.2, 0.25) is 0 Å². The van der Waals surface area contributed by atoms with Crippen molar-refractivity contribution in [2.45, 2.75) is 65.2 Å². The average molecular weight is 591 g/mol. The smallest absolute Gasteiger partial charge is 0.407 e. The lowest BCUT2D eigenvalue weighted by molar-refractivity contribution is -0.147. The van der Waals surface area contributed by atoms with Gasteiger partial charge >= 0.3 is 18.2 Å². The molecular weight excluding hydrogens is 548 g/mol. The van der Waals surface area contributed by atoms with Crippen LogP contribution in [0.5, 0.6) is 5.75 Å². The summed E-state index contributed by atoms with van der Waals surface area (Å²) in [7, 11) is 1.58. The summed E-state index contributed by atoms with van der Waals surface area (Å²) in [6, 6.07) is 22.3. The number of hydrogen-bond acceptors (Lipinski definition) is 7. The number of ether oxygens (including phenoxy) is 4. The topological polar surface area (TPSA) is 112 Å². The van der Waals surface area contributed by atoms with Crippen molar-refractivity contribution in [3.05, 3.63) is 89.5 Å². The molecule has 0 heterocycles. The summed E-state index contributed by atoms with van der Waals surface area (Å²) >= 11 is 0. The van der Waals surface area contributed by atoms with E-state index in [9.17, 15) is 14.4 Å². The predicted octanol–water partition coefficient (Wildman–Crippen LogP) is 6.59. The number of methoxy groups -OCH3 is 1. The molecule has 3 aromatic rings. The molecule has 0 saturated heterocycles. The van der Waals surface area contributed by atoms with Gasteiger partial charge in [-0.1, -0.05) is 68.1 Å². The van der Waals surface area contributed by atoms with Gasteiger partial charge in [0.15, 0.2) is 0 Å². The summed E-state index contributed by atoms with van der Waals surface area (Å²) in [5.74, 6) is -0.0180. The molecule has 4 rings (SSSR count). The highest BCUT2D eigenvalue weighted by molar-refractivity contribution is 5.82. The van der Waals surface area contributed by atoms with E-state index in [1.165, 1.54) is 0 Å². The summed E-state index contributed by atoms with van der Waals surface area (Å²) in [6.07, 6.45) is -0.652. The van der Waals surface area contributed by atoms with E-state index < -0.39 is 29.8 Å². The van der Waals surface area contributed by atoms with Crippen LogP contribution in [0.4, 0.5) is 9.59 Å². The largest absolute Gasteiger partial charge is 0.497 e. The first-order valence-electron chi connectivity index (χ1n) is 14.0. The Hall–Kier alpha value is -4.53. The van der Waals surface area contributed by atoms with Crippen molar-refractivity contribution in [2.75, 3.05) is 20.3 Å². The third kappa shape index (κ3) is 9.23. The van der Waals surface area contributed by atoms with Gasteiger partial charge in [-0.25, -0.2) is 14.4 Å². The highest BCUT2D eigenvalue weighted by Gasteiger charge is 2.30. The predicted molar refractivity (Wildman–Crippen MR) is 165 cm³/mol. The van der Waals surface area contributed by atoms with Gasteiger partial charge in [0.25, 0.3) is 0 Å². The van der Waals surface area contributed by atoms with Crippen molar-refractivity contribution in [2.24, 2.45) is 0 Å². The lowest BCUT2D eigenvalue weighted by Gasteiger charge is -2.21. The molecule has 0 unspecified atom stereocenters. The number of nitrogens with one attached hydrogen (secondary N) is 2. The first-order chi connectivity index (χ1) is 20.1. The van der Waals surface area contributed by atoms with Crippen LogP contribution in [0.2, 0.25) is 0 Å². The first kappa shape index (κ1) is 33.0. The molecule has 43 heavy (non-hydrogen) atoms. The van der Waals surface area contributed by atoms with Crippen LogP contribution in [0.1, 0.15) is 63.6 Å². The SMILES string of the molecule is C.COc1ccc(COC(=O)[C@@H](CCCNC(=O)OC(C)(C)C)NC(=O)OCC2c3ccccc3-c3ccccc32)cc1. The van der Waals surface area contributed by atoms with Crippen LogP contribution in [-0.2, 0) is 25.6 Å². The molecular formula is C34H42N2O7. The maximum Gasteiger partial charge on any atom is 0.407 e. The van der Waals surface area contributed by atoms with Crippen LogP contribution in [0.15, 0.2) is 72.8 Å². The van der Waals surface area contributed by atoms with E-state index in [2.05, 4.69) is 22.8 Å². The van der Waals surface area contributed by atoms with Gasteiger partial charge in [0, 0.05) is 12.5 Å². The van der Waals surface area contributed by atoms with Crippen molar-refractivity contribution in [3.63, 3.8) is 0 Å². The minimum atomic E-state index is -0.973. The van der Waals surface area contributed by atoms with Crippen LogP contribution in [0, 0.1) is 0 Å². The number of carbonyl (C=O) groups is 3. The number of carbonyl (C=O) groups excluding carboxylic acids is 3. The third-order valence-electron chi connectivity index (χ3n) is 6.80. The van der Waals surface area contributed by atoms with Crippen molar-refractivity contribution < 1.29 is 33.3 Å². The van der Waals surface area contributed by atoms with Gasteiger partial charge in [0.1, 0.15) is 30.6 Å². The van der Waals surface area contributed by atoms with E-state index in [0.717, 1.165) is 27.8 Å². The average Bonchev–Trinajstić information content (AvgIpc) is 3.29. The zero-order valence-electron chi connectivity index (χ0n) is 24.5. The van der Waals surface area contributed by atoms with Gasteiger partial charge in [-0.2, -0.15) is 0 Å². The van der Waals surface area contributed by atoms with Crippen LogP contribution >= 0.6 is 0 Å². The first-order valence-corrected chi connectivity index (χ1v) is 14.0. The summed E-state index contributed by atoms with van der Waals surface area (Å²) < 4.78 is 21.6. The summed E-state index contributed by atoms with van der Waals surface area (Å²) in [5.41, 5.74) is 4.59. The molecule has 1 atom stereocenters. The van der Waals surface area contributed by atoms with E-state index in [-0.39, 0.29) is 39.5 Å². The van der Waals surface area contributed by atoms with Crippen LogP contribution in [-0.4, -0.2) is 50.1 Å². The van der Waals surface area contributed by atoms with Crippen molar-refractivity contribution in [1.82, 2.24) is 10.6 Å². The Labute approximate surface area is 253 Å². The van der Waals surface area contributed by atoms with Gasteiger partial charge < -0.3 is 29.6 Å². The van der Waals surface area contributed by atoms with Crippen molar-refractivity contribution >= 4 is 18.2 Å². The molecule has 9 nitrogen and oxygen atoms in total. The molecule has 0 fully saturated rings. The van der Waals surface area contributed by atoms with Crippen LogP contribution < -0.4 is 15.4 Å². The van der Waals surface area contributed by atoms with E-state index in [1.54, 1.807) is 52.1 Å². The summed E-state index contributed by atoms with van der Waals surface area (Å²) in [4.78, 5) is 38.0. The monoisotopic (exact) mass is 590 g/mol. The highest BCUT2D eigenvalue weighted by Crippen LogP contribution is 2.44. The maximum atomic E-state index is 13.0. The second-order valence-corrected chi connectivity index (χ2v) is 11.0. The van der Waals surface area contributed by atoms with Crippen LogP contribution in [0.25, 0.3) is 11.1 Å². The molecule has 0 radical (unpaired) electrons. The van der Waals surface area contributed by atoms with E-state index >= 15 is 0 Å². The highest BCUT2D eigenvalue weighted by atomic mass is 16.6. The molecule has 0 aromatic heterocycles. The van der Waals surface area contributed by atoms with Crippen molar-refractivity contribution in [1.29, 1.82) is 0 Å². The molecule has 0 aliphatic heterocycles. The standard InChI is InChI=1S/C33H38N2O7.CH4/c1-33(2,3)42-31(37)34-19-9-14-29(30(36)40-20-22-15-17-23(39-4)18-16-22)35-32(38)41-21-28-26-12-7-5-10-24(26)25-11-6-8-13-27(25)28;/h5-8,10-13,15-18,28-29H,9,14,19-21H2,1-4H3,(H,34,37)(H,35,38);1H4/t29-;/m1./s1. The summed E-state index contributed by atoms with van der Waals surface area (Å²) in [6.45, 7) is 5.73. The zero-order chi connectivity index (χ0) is 30.1. The molecule has 2 amide bonds. The van der Waals surface area contributed by atoms with Gasteiger partial charge in [-0.15, -0.1) is 0 Å². The number of esters is 1. The summed E-state index contributed by atoms with van der Waals surface area (Å²) in [5, 5.41) is 5.34. The van der Waals surface area contributed by atoms with E-state index in [4.69, 9.17) is 18.9 Å². The Kier molecular flexibility index (Phi) is 11.6. The number of benzene rings is 3. The number of alkyl carbamates (subject to hydrolysis) is 2. The second-order valence-electron chi connectivity index (χ2n) is 11.0. The quantitative estimate of drug-likeness (QED) is 0.147. The minimum absolute atomic E-state index is 0. The maximum absolute atomic E-state index is 13.0. The van der Waals surface area contributed by atoms with Crippen LogP contribution in [0.3, 0.4) is 0 Å². The molecule has 230 valence electrons. The molecule has 2 N–H and O–H groups in total. The normalized spacial score (nSPS) is 12.6. The zero-order valence-corrected chi connectivity index (χ0v) is 24.5.